The first-order chi connectivity index (χ1) is 13.8. The largest absolute Gasteiger partial charge is 0.465 e. The summed E-state index contributed by atoms with van der Waals surface area (Å²) in [7, 11) is -3.45. The lowest BCUT2D eigenvalue weighted by Gasteiger charge is -2.09. The Hall–Kier alpha value is -3.24. The number of terminal acetylenes is 1. The maximum Gasteiger partial charge on any atom is 0.388 e. The van der Waals surface area contributed by atoms with E-state index in [0.717, 1.165) is 29.7 Å². The topological polar surface area (TPSA) is 139 Å². The molecule has 1 amide bonds. The van der Waals surface area contributed by atoms with Crippen molar-refractivity contribution in [3.05, 3.63) is 40.3 Å². The van der Waals surface area contributed by atoms with Crippen molar-refractivity contribution in [1.82, 2.24) is 19.2 Å². The van der Waals surface area contributed by atoms with Crippen molar-refractivity contribution < 1.29 is 27.6 Å². The molecule has 0 aliphatic rings. The molecule has 11 nitrogen and oxygen atoms in total. The predicted molar refractivity (Wildman–Crippen MR) is 102 cm³/mol. The van der Waals surface area contributed by atoms with Crippen molar-refractivity contribution in [2.24, 2.45) is 0 Å². The molecule has 13 heteroatoms. The van der Waals surface area contributed by atoms with E-state index in [2.05, 4.69) is 15.8 Å². The zero-order valence-corrected chi connectivity index (χ0v) is 16.9. The van der Waals surface area contributed by atoms with Crippen LogP contribution in [-0.4, -0.2) is 54.4 Å². The molecule has 0 spiro atoms. The molecular weight excluding hydrogens is 424 g/mol. The van der Waals surface area contributed by atoms with E-state index in [9.17, 15) is 22.8 Å². The third kappa shape index (κ3) is 4.79. The van der Waals surface area contributed by atoms with Crippen LogP contribution in [-0.2, 0) is 14.8 Å². The van der Waals surface area contributed by atoms with Gasteiger partial charge in [-0.2, -0.15) is 0 Å². The predicted octanol–water partition coefficient (Wildman–Crippen LogP) is -0.0482. The molecule has 0 bridgehead atoms. The fourth-order valence-corrected chi connectivity index (χ4v) is 3.82. The second-order valence-corrected chi connectivity index (χ2v) is 7.67. The SMILES string of the molecule is C#CCSc1nn(C(=O)NS(=O)(=O)c2ccccc2C(=O)OC)c(=O)n1OCC. The van der Waals surface area contributed by atoms with E-state index in [1.165, 1.54) is 18.2 Å². The van der Waals surface area contributed by atoms with Crippen LogP contribution < -0.4 is 15.2 Å². The highest BCUT2D eigenvalue weighted by atomic mass is 32.2. The van der Waals surface area contributed by atoms with Crippen LogP contribution in [0.5, 0.6) is 0 Å². The Balaban J connectivity index is 2.41. The average molecular weight is 440 g/mol. The zero-order chi connectivity index (χ0) is 21.6. The Morgan fingerprint density at radius 3 is 2.66 bits per heavy atom. The van der Waals surface area contributed by atoms with Crippen LogP contribution in [0.1, 0.15) is 17.3 Å². The van der Waals surface area contributed by atoms with Gasteiger partial charge in [0.15, 0.2) is 0 Å². The van der Waals surface area contributed by atoms with E-state index >= 15 is 0 Å². The minimum atomic E-state index is -4.53. The Kier molecular flexibility index (Phi) is 7.08. The van der Waals surface area contributed by atoms with Crippen LogP contribution in [0.4, 0.5) is 4.79 Å². The minimum absolute atomic E-state index is 0.0303. The number of carbonyl (C=O) groups is 2. The number of rotatable bonds is 7. The van der Waals surface area contributed by atoms with Gasteiger partial charge in [-0.3, -0.25) is 0 Å². The van der Waals surface area contributed by atoms with E-state index in [-0.39, 0.29) is 27.8 Å². The molecule has 1 aromatic heterocycles. The molecule has 0 saturated carbocycles. The van der Waals surface area contributed by atoms with Crippen molar-refractivity contribution in [2.45, 2.75) is 17.0 Å². The highest BCUT2D eigenvalue weighted by molar-refractivity contribution is 7.99. The van der Waals surface area contributed by atoms with E-state index in [4.69, 9.17) is 11.3 Å². The lowest BCUT2D eigenvalue weighted by Crippen LogP contribution is -2.41. The number of methoxy groups -OCH3 is 1. The van der Waals surface area contributed by atoms with Gasteiger partial charge >= 0.3 is 17.7 Å². The third-order valence-corrected chi connectivity index (χ3v) is 5.45. The zero-order valence-electron chi connectivity index (χ0n) is 15.3. The number of esters is 1. The molecule has 1 heterocycles. The number of nitrogens with zero attached hydrogens (tertiary/aromatic N) is 3. The second-order valence-electron chi connectivity index (χ2n) is 5.08. The fraction of sp³-hybridized carbons (Fsp3) is 0.250. The lowest BCUT2D eigenvalue weighted by molar-refractivity contribution is 0.0596. The summed E-state index contributed by atoms with van der Waals surface area (Å²) in [6.07, 6.45) is 5.17. The summed E-state index contributed by atoms with van der Waals surface area (Å²) in [6, 6.07) is 3.75. The summed E-state index contributed by atoms with van der Waals surface area (Å²) in [5.74, 6) is 1.55. The number of sulfonamides is 1. The minimum Gasteiger partial charge on any atom is -0.465 e. The van der Waals surface area contributed by atoms with Gasteiger partial charge in [0.1, 0.15) is 11.5 Å². The Morgan fingerprint density at radius 2 is 2.03 bits per heavy atom. The van der Waals surface area contributed by atoms with Crippen molar-refractivity contribution in [2.75, 3.05) is 19.5 Å². The summed E-state index contributed by atoms with van der Waals surface area (Å²) in [4.78, 5) is 41.2. The maximum atomic E-state index is 12.6. The first-order valence-corrected chi connectivity index (χ1v) is 10.4. The molecule has 1 N–H and O–H groups in total. The van der Waals surface area contributed by atoms with Gasteiger partial charge in [0, 0.05) is 0 Å². The summed E-state index contributed by atoms with van der Waals surface area (Å²) >= 11 is 0.942. The Morgan fingerprint density at radius 1 is 1.34 bits per heavy atom. The molecule has 0 aliphatic carbocycles. The van der Waals surface area contributed by atoms with Crippen LogP contribution in [0.2, 0.25) is 0 Å². The number of nitrogens with one attached hydrogen (secondary N) is 1. The number of hydrogen-bond acceptors (Lipinski definition) is 9. The van der Waals surface area contributed by atoms with Crippen LogP contribution in [0.25, 0.3) is 0 Å². The molecule has 0 fully saturated rings. The first-order valence-electron chi connectivity index (χ1n) is 7.93. The molecule has 0 unspecified atom stereocenters. The number of hydrogen-bond donors (Lipinski definition) is 1. The second kappa shape index (κ2) is 9.30. The summed E-state index contributed by atoms with van der Waals surface area (Å²) in [5.41, 5.74) is -1.31. The highest BCUT2D eigenvalue weighted by Crippen LogP contribution is 2.16. The Labute approximate surface area is 170 Å². The van der Waals surface area contributed by atoms with Gasteiger partial charge in [0.25, 0.3) is 10.0 Å². The van der Waals surface area contributed by atoms with E-state index in [1.807, 2.05) is 0 Å². The van der Waals surface area contributed by atoms with Gasteiger partial charge < -0.3 is 9.57 Å². The van der Waals surface area contributed by atoms with Gasteiger partial charge in [-0.15, -0.1) is 20.9 Å². The highest BCUT2D eigenvalue weighted by Gasteiger charge is 2.28. The number of ether oxygens (including phenoxy) is 1. The smallest absolute Gasteiger partial charge is 0.388 e. The van der Waals surface area contributed by atoms with E-state index in [0.29, 0.717) is 0 Å². The molecule has 29 heavy (non-hydrogen) atoms. The number of carbonyl (C=O) groups excluding carboxylic acids is 2. The number of aromatic nitrogens is 3. The maximum absolute atomic E-state index is 12.6. The monoisotopic (exact) mass is 440 g/mol. The van der Waals surface area contributed by atoms with E-state index < -0.39 is 32.6 Å². The quantitative estimate of drug-likeness (QED) is 0.357. The summed E-state index contributed by atoms with van der Waals surface area (Å²) in [6.45, 7) is 1.69. The van der Waals surface area contributed by atoms with Crippen molar-refractivity contribution >= 4 is 33.8 Å². The molecule has 154 valence electrons. The number of benzene rings is 1. The molecule has 1 aromatic carbocycles. The van der Waals surface area contributed by atoms with Crippen molar-refractivity contribution in [3.63, 3.8) is 0 Å². The summed E-state index contributed by atoms with van der Waals surface area (Å²) in [5, 5.41) is 3.73. The number of thioether (sulfide) groups is 1. The lowest BCUT2D eigenvalue weighted by atomic mass is 10.2. The number of amides is 1. The average Bonchev–Trinajstić information content (AvgIpc) is 3.01. The van der Waals surface area contributed by atoms with Crippen molar-refractivity contribution in [3.8, 4) is 12.3 Å². The van der Waals surface area contributed by atoms with Gasteiger partial charge in [0.05, 0.1) is 18.4 Å². The Bertz CT molecular complexity index is 1130. The molecule has 2 rings (SSSR count). The van der Waals surface area contributed by atoms with Crippen LogP contribution >= 0.6 is 11.8 Å². The van der Waals surface area contributed by atoms with Crippen LogP contribution in [0, 0.1) is 12.3 Å². The van der Waals surface area contributed by atoms with Gasteiger partial charge in [-0.05, 0) is 19.1 Å². The molecule has 2 aromatic rings. The van der Waals surface area contributed by atoms with E-state index in [1.54, 1.807) is 11.6 Å². The molecule has 0 saturated heterocycles. The van der Waals surface area contributed by atoms with Crippen LogP contribution in [0.15, 0.2) is 39.1 Å². The van der Waals surface area contributed by atoms with Gasteiger partial charge in [-0.25, -0.2) is 27.5 Å². The standard InChI is InChI=1S/C16H16N4O7S2/c1-4-10-28-15-17-19(16(23)20(15)27-5-2)14(22)18-29(24,25)12-9-7-6-8-11(12)13(21)26-3/h1,6-9H,5,10H2,2-3H3,(H,18,22). The summed E-state index contributed by atoms with van der Waals surface area (Å²) < 4.78 is 32.5. The fourth-order valence-electron chi connectivity index (χ4n) is 2.10. The van der Waals surface area contributed by atoms with Crippen LogP contribution in [0.3, 0.4) is 0 Å². The van der Waals surface area contributed by atoms with Gasteiger partial charge in [-0.1, -0.05) is 29.8 Å². The molecule has 0 radical (unpaired) electrons. The first kappa shape index (κ1) is 22.1. The molecule has 0 atom stereocenters. The molecule has 0 aliphatic heterocycles. The third-order valence-electron chi connectivity index (χ3n) is 3.25. The van der Waals surface area contributed by atoms with Crippen molar-refractivity contribution in [1.29, 1.82) is 0 Å². The normalized spacial score (nSPS) is 10.8. The molecular formula is C16H16N4O7S2. The van der Waals surface area contributed by atoms with Gasteiger partial charge in [0.2, 0.25) is 5.16 Å².